The summed E-state index contributed by atoms with van der Waals surface area (Å²) >= 11 is 4.41. The minimum atomic E-state index is -1.24. The van der Waals surface area contributed by atoms with Crippen molar-refractivity contribution in [2.75, 3.05) is 0 Å². The quantitative estimate of drug-likeness (QED) is 0.890. The van der Waals surface area contributed by atoms with Crippen LogP contribution in [0.5, 0.6) is 0 Å². The predicted molar refractivity (Wildman–Crippen MR) is 70.4 cm³/mol. The van der Waals surface area contributed by atoms with E-state index in [-0.39, 0.29) is 12.3 Å². The highest BCUT2D eigenvalue weighted by molar-refractivity contribution is 9.10. The number of aliphatic imine (C=N–C) groups is 1. The van der Waals surface area contributed by atoms with Gasteiger partial charge in [0.15, 0.2) is 5.17 Å². The number of thioether (sulfide) groups is 1. The molecule has 0 bridgehead atoms. The number of nitrogens with one attached hydrogen (secondary N) is 1. The van der Waals surface area contributed by atoms with Gasteiger partial charge in [-0.25, -0.2) is 4.99 Å². The first-order valence-electron chi connectivity index (χ1n) is 5.06. The molecule has 7 heteroatoms. The predicted octanol–water partition coefficient (Wildman–Crippen LogP) is 0.808. The Labute approximate surface area is 116 Å². The van der Waals surface area contributed by atoms with Gasteiger partial charge in [0, 0.05) is 16.9 Å². The van der Waals surface area contributed by atoms with Crippen molar-refractivity contribution in [2.24, 2.45) is 4.99 Å². The van der Waals surface area contributed by atoms with Gasteiger partial charge in [0.1, 0.15) is 0 Å². The number of halogens is 1. The van der Waals surface area contributed by atoms with Gasteiger partial charge in [0.25, 0.3) is 0 Å². The van der Waals surface area contributed by atoms with Crippen molar-refractivity contribution >= 4 is 50.4 Å². The van der Waals surface area contributed by atoms with Crippen LogP contribution in [0.15, 0.2) is 33.7 Å². The Morgan fingerprint density at radius 2 is 2.11 bits per heavy atom. The summed E-state index contributed by atoms with van der Waals surface area (Å²) in [4.78, 5) is 26.1. The molecule has 1 heterocycles. The molecule has 1 atom stereocenters. The van der Waals surface area contributed by atoms with Crippen molar-refractivity contribution in [2.45, 2.75) is 11.7 Å². The fourth-order valence-electron chi connectivity index (χ4n) is 1.38. The van der Waals surface area contributed by atoms with Gasteiger partial charge >= 0.3 is 0 Å². The number of nitrogens with zero attached hydrogens (tertiary/aromatic N) is 1. The molecule has 1 saturated heterocycles. The summed E-state index contributed by atoms with van der Waals surface area (Å²) in [6.07, 6.45) is -0.310. The molecule has 0 radical (unpaired) electrons. The molecule has 1 aromatic carbocycles. The smallest absolute Gasteiger partial charge is 0.239 e. The van der Waals surface area contributed by atoms with Crippen molar-refractivity contribution in [3.05, 3.63) is 28.7 Å². The van der Waals surface area contributed by atoms with Crippen LogP contribution < -0.4 is 10.4 Å². The number of rotatable bonds is 3. The van der Waals surface area contributed by atoms with Crippen LogP contribution in [0.4, 0.5) is 5.69 Å². The Bertz CT molecular complexity index is 516. The van der Waals surface area contributed by atoms with E-state index in [1.807, 2.05) is 12.1 Å². The fourth-order valence-corrected chi connectivity index (χ4v) is 2.61. The van der Waals surface area contributed by atoms with Crippen LogP contribution in [0.3, 0.4) is 0 Å². The minimum Gasteiger partial charge on any atom is -0.550 e. The Balaban J connectivity index is 2.09. The maximum atomic E-state index is 11.5. The number of hydrogen-bond acceptors (Lipinski definition) is 5. The SMILES string of the molecule is O=C([O-])C[C@@H]1SC(=Nc2ccc(Br)cc2)NC1=O. The van der Waals surface area contributed by atoms with E-state index >= 15 is 0 Å². The Morgan fingerprint density at radius 3 is 2.72 bits per heavy atom. The zero-order valence-corrected chi connectivity index (χ0v) is 11.5. The molecule has 2 rings (SSSR count). The van der Waals surface area contributed by atoms with Gasteiger partial charge in [0.05, 0.1) is 10.9 Å². The third-order valence-corrected chi connectivity index (χ3v) is 3.80. The molecule has 1 N–H and O–H groups in total. The Hall–Kier alpha value is -1.34. The molecule has 1 amide bonds. The second kappa shape index (κ2) is 5.53. The monoisotopic (exact) mass is 327 g/mol. The highest BCUT2D eigenvalue weighted by Gasteiger charge is 2.30. The third kappa shape index (κ3) is 3.33. The molecule has 0 aliphatic carbocycles. The second-order valence-electron chi connectivity index (χ2n) is 3.57. The fraction of sp³-hybridized carbons (Fsp3) is 0.182. The first kappa shape index (κ1) is 13.1. The number of amidine groups is 1. The van der Waals surface area contributed by atoms with E-state index in [9.17, 15) is 14.7 Å². The van der Waals surface area contributed by atoms with Crippen LogP contribution in [-0.2, 0) is 9.59 Å². The average molecular weight is 328 g/mol. The molecule has 94 valence electrons. The lowest BCUT2D eigenvalue weighted by atomic mass is 10.3. The van der Waals surface area contributed by atoms with E-state index in [1.54, 1.807) is 12.1 Å². The van der Waals surface area contributed by atoms with Crippen molar-refractivity contribution in [1.29, 1.82) is 0 Å². The van der Waals surface area contributed by atoms with E-state index in [1.165, 1.54) is 0 Å². The molecule has 1 aromatic rings. The number of hydrogen-bond donors (Lipinski definition) is 1. The van der Waals surface area contributed by atoms with Gasteiger partial charge in [-0.1, -0.05) is 27.7 Å². The van der Waals surface area contributed by atoms with Gasteiger partial charge in [-0.15, -0.1) is 0 Å². The number of carboxylic acids is 1. The summed E-state index contributed by atoms with van der Waals surface area (Å²) in [5.74, 6) is -1.59. The lowest BCUT2D eigenvalue weighted by Gasteiger charge is -2.04. The van der Waals surface area contributed by atoms with Crippen molar-refractivity contribution < 1.29 is 14.7 Å². The number of aliphatic carboxylic acids is 1. The highest BCUT2D eigenvalue weighted by atomic mass is 79.9. The molecule has 1 aliphatic heterocycles. The van der Waals surface area contributed by atoms with Crippen molar-refractivity contribution in [3.63, 3.8) is 0 Å². The van der Waals surface area contributed by atoms with Gasteiger partial charge < -0.3 is 15.2 Å². The summed E-state index contributed by atoms with van der Waals surface area (Å²) in [7, 11) is 0. The maximum absolute atomic E-state index is 11.5. The summed E-state index contributed by atoms with van der Waals surface area (Å²) in [5.41, 5.74) is 0.690. The molecule has 18 heavy (non-hydrogen) atoms. The van der Waals surface area contributed by atoms with Crippen LogP contribution in [0.1, 0.15) is 6.42 Å². The van der Waals surface area contributed by atoms with E-state index < -0.39 is 11.2 Å². The molecule has 5 nitrogen and oxygen atoms in total. The van der Waals surface area contributed by atoms with Gasteiger partial charge in [-0.05, 0) is 24.3 Å². The standard InChI is InChI=1S/C11H9BrN2O3S/c12-6-1-3-7(4-2-6)13-11-14-10(17)8(18-11)5-9(15)16/h1-4,8H,5H2,(H,15,16)(H,13,14,17)/p-1/t8-/m0/s1. The number of carbonyl (C=O) groups excluding carboxylic acids is 2. The van der Waals surface area contributed by atoms with E-state index in [2.05, 4.69) is 26.2 Å². The summed E-state index contributed by atoms with van der Waals surface area (Å²) < 4.78 is 0.935. The van der Waals surface area contributed by atoms with Crippen LogP contribution in [0.25, 0.3) is 0 Å². The van der Waals surface area contributed by atoms with Crippen LogP contribution in [0, 0.1) is 0 Å². The van der Waals surface area contributed by atoms with Crippen LogP contribution >= 0.6 is 27.7 Å². The van der Waals surface area contributed by atoms with E-state index in [4.69, 9.17) is 0 Å². The lowest BCUT2D eigenvalue weighted by molar-refractivity contribution is -0.305. The lowest BCUT2D eigenvalue weighted by Crippen LogP contribution is -2.31. The van der Waals surface area contributed by atoms with Crippen LogP contribution in [0.2, 0.25) is 0 Å². The van der Waals surface area contributed by atoms with Gasteiger partial charge in [-0.3, -0.25) is 4.79 Å². The number of benzene rings is 1. The van der Waals surface area contributed by atoms with Gasteiger partial charge in [0.2, 0.25) is 5.91 Å². The van der Waals surface area contributed by atoms with Crippen molar-refractivity contribution in [3.8, 4) is 0 Å². The number of amides is 1. The summed E-state index contributed by atoms with van der Waals surface area (Å²) in [6.45, 7) is 0. The molecule has 0 spiro atoms. The minimum absolute atomic E-state index is 0.310. The van der Waals surface area contributed by atoms with Crippen molar-refractivity contribution in [1.82, 2.24) is 5.32 Å². The largest absolute Gasteiger partial charge is 0.550 e. The molecule has 0 unspecified atom stereocenters. The molecular formula is C11H8BrN2O3S-. The van der Waals surface area contributed by atoms with E-state index in [0.717, 1.165) is 16.2 Å². The number of carboxylic acid groups (broad SMARTS) is 1. The second-order valence-corrected chi connectivity index (χ2v) is 5.67. The first-order valence-corrected chi connectivity index (χ1v) is 6.73. The Morgan fingerprint density at radius 1 is 1.44 bits per heavy atom. The number of carbonyl (C=O) groups is 2. The van der Waals surface area contributed by atoms with Gasteiger partial charge in [-0.2, -0.15) is 0 Å². The molecule has 1 fully saturated rings. The van der Waals surface area contributed by atoms with E-state index in [0.29, 0.717) is 10.9 Å². The summed E-state index contributed by atoms with van der Waals surface area (Å²) in [5, 5.41) is 12.7. The summed E-state index contributed by atoms with van der Waals surface area (Å²) in [6, 6.07) is 7.24. The molecule has 0 aromatic heterocycles. The topological polar surface area (TPSA) is 81.6 Å². The normalized spacial score (nSPS) is 21.1. The maximum Gasteiger partial charge on any atom is 0.239 e. The third-order valence-electron chi connectivity index (χ3n) is 2.19. The zero-order valence-electron chi connectivity index (χ0n) is 9.05. The first-order chi connectivity index (χ1) is 8.54. The van der Waals surface area contributed by atoms with Crippen LogP contribution in [-0.4, -0.2) is 22.3 Å². The zero-order chi connectivity index (χ0) is 13.1. The molecule has 0 saturated carbocycles. The average Bonchev–Trinajstić information content (AvgIpc) is 2.62. The Kier molecular flexibility index (Phi) is 4.03. The molecule has 1 aliphatic rings. The molecular weight excluding hydrogens is 320 g/mol. The highest BCUT2D eigenvalue weighted by Crippen LogP contribution is 2.25.